The smallest absolute Gasteiger partial charge is 0.411 e. The first-order valence-corrected chi connectivity index (χ1v) is 12.1. The lowest BCUT2D eigenvalue weighted by atomic mass is 10.1. The summed E-state index contributed by atoms with van der Waals surface area (Å²) < 4.78 is 10.3. The Morgan fingerprint density at radius 3 is 2.49 bits per heavy atom. The third-order valence-corrected chi connectivity index (χ3v) is 6.30. The Kier molecular flexibility index (Phi) is 6.55. The van der Waals surface area contributed by atoms with Crippen LogP contribution in [-0.2, 0) is 17.8 Å². The Morgan fingerprint density at radius 1 is 1.03 bits per heavy atom. The molecule has 2 fully saturated rings. The summed E-state index contributed by atoms with van der Waals surface area (Å²) in [5.74, 6) is -0.0163. The zero-order chi connectivity index (χ0) is 24.4. The molecule has 1 heterocycles. The maximum atomic E-state index is 12.3. The van der Waals surface area contributed by atoms with Crippen LogP contribution in [0.1, 0.15) is 54.1 Å². The van der Waals surface area contributed by atoms with Gasteiger partial charge in [0.2, 0.25) is 0 Å². The fourth-order valence-corrected chi connectivity index (χ4v) is 4.19. The number of fused-ring (bicyclic) bond motifs is 1. The van der Waals surface area contributed by atoms with Gasteiger partial charge >= 0.3 is 11.7 Å². The molecule has 2 amide bonds. The molecule has 2 aliphatic rings. The van der Waals surface area contributed by atoms with Crippen LogP contribution in [0.25, 0.3) is 11.0 Å². The Morgan fingerprint density at radius 2 is 1.80 bits per heavy atom. The van der Waals surface area contributed by atoms with Crippen LogP contribution in [0.2, 0.25) is 0 Å². The standard InChI is InChI=1S/C27H29N3O5/c1-2-34-27(33)29-21-9-12-23-19(13-25(31)35-24(23)14-21)16-30(22-10-11-22)15-17-3-5-18(6-4-17)26(32)28-20-7-8-20/h3-6,9,12-14,20,22H,2,7-8,10-11,15-16H2,1H3,(H,28,32)(H,29,33). The first kappa shape index (κ1) is 23.1. The molecule has 2 N–H and O–H groups in total. The maximum Gasteiger partial charge on any atom is 0.411 e. The quantitative estimate of drug-likeness (QED) is 0.445. The molecule has 0 atom stereocenters. The summed E-state index contributed by atoms with van der Waals surface area (Å²) in [5.41, 5.74) is 3.17. The third kappa shape index (κ3) is 5.89. The van der Waals surface area contributed by atoms with Gasteiger partial charge in [0, 0.05) is 53.9 Å². The highest BCUT2D eigenvalue weighted by Crippen LogP contribution is 2.31. The van der Waals surface area contributed by atoms with E-state index in [-0.39, 0.29) is 12.5 Å². The van der Waals surface area contributed by atoms with Crippen LogP contribution in [0, 0.1) is 0 Å². The summed E-state index contributed by atoms with van der Waals surface area (Å²) in [6.45, 7) is 3.32. The lowest BCUT2D eigenvalue weighted by Gasteiger charge is -2.23. The minimum absolute atomic E-state index is 0.0163. The van der Waals surface area contributed by atoms with Crippen molar-refractivity contribution in [1.82, 2.24) is 10.2 Å². The van der Waals surface area contributed by atoms with Crippen LogP contribution in [-0.4, -0.2) is 35.6 Å². The number of hydrogen-bond donors (Lipinski definition) is 2. The Hall–Kier alpha value is -3.65. The maximum absolute atomic E-state index is 12.3. The summed E-state index contributed by atoms with van der Waals surface area (Å²) >= 11 is 0. The molecule has 8 heteroatoms. The molecule has 5 rings (SSSR count). The zero-order valence-corrected chi connectivity index (χ0v) is 19.7. The van der Waals surface area contributed by atoms with Crippen LogP contribution in [0.5, 0.6) is 0 Å². The van der Waals surface area contributed by atoms with Crippen LogP contribution in [0.3, 0.4) is 0 Å². The Labute approximate surface area is 203 Å². The van der Waals surface area contributed by atoms with E-state index in [2.05, 4.69) is 15.5 Å². The number of benzene rings is 2. The molecule has 0 bridgehead atoms. The van der Waals surface area contributed by atoms with Crippen LogP contribution in [0.15, 0.2) is 57.7 Å². The lowest BCUT2D eigenvalue weighted by Crippen LogP contribution is -2.26. The summed E-state index contributed by atoms with van der Waals surface area (Å²) in [5, 5.41) is 6.49. The molecular weight excluding hydrogens is 446 g/mol. The van der Waals surface area contributed by atoms with Crippen molar-refractivity contribution in [3.8, 4) is 0 Å². The first-order chi connectivity index (χ1) is 17.0. The molecule has 2 saturated carbocycles. The monoisotopic (exact) mass is 475 g/mol. The van der Waals surface area contributed by atoms with E-state index in [0.29, 0.717) is 35.5 Å². The van der Waals surface area contributed by atoms with E-state index in [1.54, 1.807) is 25.1 Å². The normalized spacial score (nSPS) is 15.3. The van der Waals surface area contributed by atoms with Crippen LogP contribution < -0.4 is 16.3 Å². The molecule has 1 aromatic heterocycles. The molecule has 0 unspecified atom stereocenters. The zero-order valence-electron chi connectivity index (χ0n) is 19.7. The highest BCUT2D eigenvalue weighted by atomic mass is 16.5. The number of nitrogens with zero attached hydrogens (tertiary/aromatic N) is 1. The van der Waals surface area contributed by atoms with Crippen LogP contribution in [0.4, 0.5) is 10.5 Å². The molecular formula is C27H29N3O5. The number of nitrogens with one attached hydrogen (secondary N) is 2. The van der Waals surface area contributed by atoms with E-state index in [0.717, 1.165) is 48.7 Å². The van der Waals surface area contributed by atoms with Crippen molar-refractivity contribution in [1.29, 1.82) is 0 Å². The summed E-state index contributed by atoms with van der Waals surface area (Å²) in [4.78, 5) is 38.7. The van der Waals surface area contributed by atoms with Gasteiger partial charge in [0.15, 0.2) is 0 Å². The van der Waals surface area contributed by atoms with Crippen molar-refractivity contribution < 1.29 is 18.7 Å². The molecule has 8 nitrogen and oxygen atoms in total. The predicted molar refractivity (Wildman–Crippen MR) is 132 cm³/mol. The van der Waals surface area contributed by atoms with E-state index >= 15 is 0 Å². The predicted octanol–water partition coefficient (Wildman–Crippen LogP) is 4.42. The Balaban J connectivity index is 1.32. The van der Waals surface area contributed by atoms with Gasteiger partial charge in [-0.15, -0.1) is 0 Å². The van der Waals surface area contributed by atoms with Crippen molar-refractivity contribution in [3.63, 3.8) is 0 Å². The number of amides is 2. The number of anilines is 1. The van der Waals surface area contributed by atoms with E-state index in [1.165, 1.54) is 0 Å². The molecule has 2 aliphatic carbocycles. The molecule has 0 aliphatic heterocycles. The average Bonchev–Trinajstić information content (AvgIpc) is 3.74. The first-order valence-electron chi connectivity index (χ1n) is 12.1. The molecule has 3 aromatic rings. The minimum atomic E-state index is -0.554. The van der Waals surface area contributed by atoms with E-state index in [1.807, 2.05) is 30.3 Å². The topological polar surface area (TPSA) is 101 Å². The number of rotatable bonds is 9. The minimum Gasteiger partial charge on any atom is -0.450 e. The van der Waals surface area contributed by atoms with Gasteiger partial charge in [0.25, 0.3) is 5.91 Å². The summed E-state index contributed by atoms with van der Waals surface area (Å²) in [7, 11) is 0. The molecule has 0 spiro atoms. The van der Waals surface area contributed by atoms with E-state index in [4.69, 9.17) is 9.15 Å². The number of carbonyl (C=O) groups is 2. The average molecular weight is 476 g/mol. The highest BCUT2D eigenvalue weighted by Gasteiger charge is 2.30. The largest absolute Gasteiger partial charge is 0.450 e. The van der Waals surface area contributed by atoms with Gasteiger partial charge in [-0.1, -0.05) is 12.1 Å². The van der Waals surface area contributed by atoms with E-state index in [9.17, 15) is 14.4 Å². The second-order valence-electron chi connectivity index (χ2n) is 9.23. The highest BCUT2D eigenvalue weighted by molar-refractivity contribution is 5.94. The second-order valence-corrected chi connectivity index (χ2v) is 9.23. The fraction of sp³-hybridized carbons (Fsp3) is 0.370. The third-order valence-electron chi connectivity index (χ3n) is 6.30. The van der Waals surface area contributed by atoms with Gasteiger partial charge in [0.05, 0.1) is 6.61 Å². The molecule has 182 valence electrons. The van der Waals surface area contributed by atoms with Gasteiger partial charge in [-0.25, -0.2) is 9.59 Å². The van der Waals surface area contributed by atoms with Gasteiger partial charge in [-0.3, -0.25) is 15.0 Å². The van der Waals surface area contributed by atoms with E-state index < -0.39 is 11.7 Å². The van der Waals surface area contributed by atoms with Crippen molar-refractivity contribution in [2.24, 2.45) is 0 Å². The van der Waals surface area contributed by atoms with Crippen LogP contribution >= 0.6 is 0 Å². The fourth-order valence-electron chi connectivity index (χ4n) is 4.19. The van der Waals surface area contributed by atoms with Crippen molar-refractivity contribution >= 4 is 28.7 Å². The molecule has 35 heavy (non-hydrogen) atoms. The number of carbonyl (C=O) groups excluding carboxylic acids is 2. The summed E-state index contributed by atoms with van der Waals surface area (Å²) in [6, 6.07) is 15.4. The molecule has 0 saturated heterocycles. The molecule has 2 aromatic carbocycles. The van der Waals surface area contributed by atoms with Gasteiger partial charge in [-0.05, 0) is 68.0 Å². The lowest BCUT2D eigenvalue weighted by molar-refractivity contribution is 0.0951. The SMILES string of the molecule is CCOC(=O)Nc1ccc2c(CN(Cc3ccc(C(=O)NC4CC4)cc3)C3CC3)cc(=O)oc2c1. The van der Waals surface area contributed by atoms with Crippen molar-refractivity contribution in [2.45, 2.75) is 57.8 Å². The van der Waals surface area contributed by atoms with Gasteiger partial charge in [-0.2, -0.15) is 0 Å². The molecule has 0 radical (unpaired) electrons. The van der Waals surface area contributed by atoms with Gasteiger partial charge < -0.3 is 14.5 Å². The number of hydrogen-bond acceptors (Lipinski definition) is 6. The number of ether oxygens (including phenoxy) is 1. The second kappa shape index (κ2) is 9.92. The van der Waals surface area contributed by atoms with Crippen molar-refractivity contribution in [3.05, 3.63) is 75.6 Å². The van der Waals surface area contributed by atoms with Gasteiger partial charge in [0.1, 0.15) is 5.58 Å². The van der Waals surface area contributed by atoms with Crippen molar-refractivity contribution in [2.75, 3.05) is 11.9 Å². The Bertz CT molecular complexity index is 1290. The summed E-state index contributed by atoms with van der Waals surface area (Å²) in [6.07, 6.45) is 3.82.